The summed E-state index contributed by atoms with van der Waals surface area (Å²) in [5.74, 6) is -0.476. The molecule has 1 amide bonds. The number of nitrogens with two attached hydrogens (primary N) is 1. The molecule has 0 radical (unpaired) electrons. The third kappa shape index (κ3) is 5.95. The van der Waals surface area contributed by atoms with Gasteiger partial charge in [-0.3, -0.25) is 4.79 Å². The summed E-state index contributed by atoms with van der Waals surface area (Å²) in [5, 5.41) is 2.68. The minimum atomic E-state index is -0.719. The van der Waals surface area contributed by atoms with Gasteiger partial charge in [-0.05, 0) is 17.9 Å². The molecule has 0 aliphatic carbocycles. The molecule has 0 aliphatic rings. The molecule has 0 spiro atoms. The molecule has 116 valence electrons. The summed E-state index contributed by atoms with van der Waals surface area (Å²) in [5.41, 5.74) is 6.79. The van der Waals surface area contributed by atoms with E-state index in [-0.39, 0.29) is 5.91 Å². The Balaban J connectivity index is 2.70. The van der Waals surface area contributed by atoms with Crippen LogP contribution in [0.15, 0.2) is 30.3 Å². The van der Waals surface area contributed by atoms with E-state index in [1.165, 1.54) is 7.11 Å². The zero-order chi connectivity index (χ0) is 15.8. The van der Waals surface area contributed by atoms with E-state index in [0.29, 0.717) is 18.8 Å². The summed E-state index contributed by atoms with van der Waals surface area (Å²) < 4.78 is 4.75. The number of rotatable bonds is 7. The number of amides is 1. The number of hydrogen-bond donors (Lipinski definition) is 2. The zero-order valence-corrected chi connectivity index (χ0v) is 12.8. The number of carbonyl (C=O) groups excluding carboxylic acids is 2. The summed E-state index contributed by atoms with van der Waals surface area (Å²) in [6, 6.07) is 8.13. The van der Waals surface area contributed by atoms with E-state index in [4.69, 9.17) is 10.5 Å². The van der Waals surface area contributed by atoms with E-state index < -0.39 is 18.1 Å². The molecule has 2 atom stereocenters. The maximum absolute atomic E-state index is 12.1. The van der Waals surface area contributed by atoms with Gasteiger partial charge in [-0.25, -0.2) is 4.79 Å². The Morgan fingerprint density at radius 3 is 2.38 bits per heavy atom. The number of nitrogens with one attached hydrogen (secondary N) is 1. The Morgan fingerprint density at radius 1 is 1.24 bits per heavy atom. The third-order valence-corrected chi connectivity index (χ3v) is 3.15. The van der Waals surface area contributed by atoms with Crippen LogP contribution in [0.4, 0.5) is 0 Å². The first-order valence-corrected chi connectivity index (χ1v) is 7.11. The molecule has 1 aromatic carbocycles. The van der Waals surface area contributed by atoms with Crippen LogP contribution in [0.1, 0.15) is 25.8 Å². The average Bonchev–Trinajstić information content (AvgIpc) is 2.46. The Hall–Kier alpha value is -1.88. The Kier molecular flexibility index (Phi) is 6.88. The summed E-state index contributed by atoms with van der Waals surface area (Å²) in [4.78, 5) is 23.9. The van der Waals surface area contributed by atoms with Crippen LogP contribution in [0.2, 0.25) is 0 Å². The number of esters is 1. The van der Waals surface area contributed by atoms with Crippen molar-refractivity contribution in [1.29, 1.82) is 0 Å². The molecule has 3 N–H and O–H groups in total. The Labute approximate surface area is 125 Å². The SMILES string of the molecule is COC(=O)[C@H](Cc1ccccc1)NC(=O)[C@@H](N)CC(C)C. The number of carbonyl (C=O) groups is 2. The highest BCUT2D eigenvalue weighted by molar-refractivity contribution is 5.87. The average molecular weight is 292 g/mol. The van der Waals surface area contributed by atoms with Crippen LogP contribution < -0.4 is 11.1 Å². The summed E-state index contributed by atoms with van der Waals surface area (Å²) in [7, 11) is 1.31. The number of methoxy groups -OCH3 is 1. The van der Waals surface area contributed by atoms with Gasteiger partial charge in [0.2, 0.25) is 5.91 Å². The van der Waals surface area contributed by atoms with E-state index in [0.717, 1.165) is 5.56 Å². The summed E-state index contributed by atoms with van der Waals surface area (Å²) in [6.45, 7) is 3.99. The standard InChI is InChI=1S/C16H24N2O3/c1-11(2)9-13(17)15(19)18-14(16(20)21-3)10-12-7-5-4-6-8-12/h4-8,11,13-14H,9-10,17H2,1-3H3,(H,18,19)/t13-,14-/m0/s1. The van der Waals surface area contributed by atoms with Gasteiger partial charge in [-0.15, -0.1) is 0 Å². The van der Waals surface area contributed by atoms with E-state index in [1.807, 2.05) is 44.2 Å². The van der Waals surface area contributed by atoms with Crippen LogP contribution in [-0.4, -0.2) is 31.1 Å². The van der Waals surface area contributed by atoms with Crippen molar-refractivity contribution in [1.82, 2.24) is 5.32 Å². The zero-order valence-electron chi connectivity index (χ0n) is 12.8. The van der Waals surface area contributed by atoms with E-state index in [9.17, 15) is 9.59 Å². The fourth-order valence-electron chi connectivity index (χ4n) is 2.08. The van der Waals surface area contributed by atoms with Crippen molar-refractivity contribution in [2.24, 2.45) is 11.7 Å². The van der Waals surface area contributed by atoms with Crippen molar-refractivity contribution in [2.45, 2.75) is 38.8 Å². The van der Waals surface area contributed by atoms with Crippen molar-refractivity contribution in [3.63, 3.8) is 0 Å². The van der Waals surface area contributed by atoms with Crippen molar-refractivity contribution >= 4 is 11.9 Å². The Bertz CT molecular complexity index is 460. The molecule has 0 heterocycles. The monoisotopic (exact) mass is 292 g/mol. The number of ether oxygens (including phenoxy) is 1. The molecule has 0 fully saturated rings. The lowest BCUT2D eigenvalue weighted by Gasteiger charge is -2.20. The molecular weight excluding hydrogens is 268 g/mol. The molecule has 0 aromatic heterocycles. The number of hydrogen-bond acceptors (Lipinski definition) is 4. The Morgan fingerprint density at radius 2 is 1.86 bits per heavy atom. The van der Waals surface area contributed by atoms with Gasteiger partial charge in [0, 0.05) is 6.42 Å². The third-order valence-electron chi connectivity index (χ3n) is 3.15. The largest absolute Gasteiger partial charge is 0.467 e. The van der Waals surface area contributed by atoms with Crippen LogP contribution in [0.5, 0.6) is 0 Å². The molecule has 5 nitrogen and oxygen atoms in total. The summed E-state index contributed by atoms with van der Waals surface area (Å²) in [6.07, 6.45) is 0.957. The molecule has 0 saturated heterocycles. The summed E-state index contributed by atoms with van der Waals surface area (Å²) >= 11 is 0. The van der Waals surface area contributed by atoms with E-state index in [1.54, 1.807) is 0 Å². The van der Waals surface area contributed by atoms with Crippen molar-refractivity contribution in [3.8, 4) is 0 Å². The van der Waals surface area contributed by atoms with Crippen LogP contribution in [-0.2, 0) is 20.7 Å². The molecule has 1 rings (SSSR count). The second kappa shape index (κ2) is 8.42. The first kappa shape index (κ1) is 17.2. The van der Waals surface area contributed by atoms with Gasteiger partial charge in [-0.2, -0.15) is 0 Å². The predicted octanol–water partition coefficient (Wildman–Crippen LogP) is 1.26. The van der Waals surface area contributed by atoms with Gasteiger partial charge in [0.1, 0.15) is 6.04 Å². The van der Waals surface area contributed by atoms with Gasteiger partial charge < -0.3 is 15.8 Å². The van der Waals surface area contributed by atoms with E-state index >= 15 is 0 Å². The molecule has 1 aromatic rings. The highest BCUT2D eigenvalue weighted by Crippen LogP contribution is 2.07. The molecule has 21 heavy (non-hydrogen) atoms. The molecule has 0 bridgehead atoms. The topological polar surface area (TPSA) is 81.4 Å². The van der Waals surface area contributed by atoms with Gasteiger partial charge in [0.05, 0.1) is 13.2 Å². The molecule has 5 heteroatoms. The quantitative estimate of drug-likeness (QED) is 0.741. The fourth-order valence-corrected chi connectivity index (χ4v) is 2.08. The number of benzene rings is 1. The fraction of sp³-hybridized carbons (Fsp3) is 0.500. The minimum absolute atomic E-state index is 0.316. The van der Waals surface area contributed by atoms with Gasteiger partial charge in [0.25, 0.3) is 0 Å². The van der Waals surface area contributed by atoms with Crippen LogP contribution >= 0.6 is 0 Å². The smallest absolute Gasteiger partial charge is 0.328 e. The maximum atomic E-state index is 12.1. The normalized spacial score (nSPS) is 13.6. The van der Waals surface area contributed by atoms with Gasteiger partial charge in [-0.1, -0.05) is 44.2 Å². The first-order chi connectivity index (χ1) is 9.93. The lowest BCUT2D eigenvalue weighted by Crippen LogP contribution is -2.50. The van der Waals surface area contributed by atoms with Crippen molar-refractivity contribution < 1.29 is 14.3 Å². The highest BCUT2D eigenvalue weighted by Gasteiger charge is 2.24. The predicted molar refractivity (Wildman–Crippen MR) is 81.5 cm³/mol. The second-order valence-electron chi connectivity index (χ2n) is 5.51. The molecule has 0 aliphatic heterocycles. The molecule has 0 unspecified atom stereocenters. The van der Waals surface area contributed by atoms with Crippen LogP contribution in [0.3, 0.4) is 0 Å². The molecular formula is C16H24N2O3. The first-order valence-electron chi connectivity index (χ1n) is 7.11. The minimum Gasteiger partial charge on any atom is -0.467 e. The lowest BCUT2D eigenvalue weighted by molar-refractivity contribution is -0.145. The van der Waals surface area contributed by atoms with Crippen LogP contribution in [0, 0.1) is 5.92 Å². The van der Waals surface area contributed by atoms with Crippen molar-refractivity contribution in [2.75, 3.05) is 7.11 Å². The van der Waals surface area contributed by atoms with E-state index in [2.05, 4.69) is 5.32 Å². The lowest BCUT2D eigenvalue weighted by atomic mass is 10.0. The van der Waals surface area contributed by atoms with Crippen LogP contribution in [0.25, 0.3) is 0 Å². The molecule has 0 saturated carbocycles. The van der Waals surface area contributed by atoms with Gasteiger partial charge in [0.15, 0.2) is 0 Å². The second-order valence-corrected chi connectivity index (χ2v) is 5.51. The van der Waals surface area contributed by atoms with Gasteiger partial charge >= 0.3 is 5.97 Å². The maximum Gasteiger partial charge on any atom is 0.328 e. The highest BCUT2D eigenvalue weighted by atomic mass is 16.5. The van der Waals surface area contributed by atoms with Crippen molar-refractivity contribution in [3.05, 3.63) is 35.9 Å².